The zero-order chi connectivity index (χ0) is 17.4. The molecular weight excluding hydrogens is 306 g/mol. The topological polar surface area (TPSA) is 66.8 Å². The van der Waals surface area contributed by atoms with Crippen molar-refractivity contribution in [3.05, 3.63) is 35.9 Å². The van der Waals surface area contributed by atoms with Crippen molar-refractivity contribution >= 4 is 11.9 Å². The van der Waals surface area contributed by atoms with Crippen molar-refractivity contribution in [1.82, 2.24) is 4.90 Å². The van der Waals surface area contributed by atoms with Crippen molar-refractivity contribution in [2.45, 2.75) is 45.1 Å². The Morgan fingerprint density at radius 2 is 2.00 bits per heavy atom. The summed E-state index contributed by atoms with van der Waals surface area (Å²) in [5.41, 5.74) is 1.24. The van der Waals surface area contributed by atoms with Crippen molar-refractivity contribution in [1.29, 1.82) is 0 Å². The summed E-state index contributed by atoms with van der Waals surface area (Å²) >= 11 is 0. The number of carbonyl (C=O) groups excluding carboxylic acids is 1. The van der Waals surface area contributed by atoms with Crippen LogP contribution in [-0.2, 0) is 20.7 Å². The normalized spacial score (nSPS) is 20.8. The predicted molar refractivity (Wildman–Crippen MR) is 91.7 cm³/mol. The first-order chi connectivity index (χ1) is 11.6. The number of hydrogen-bond acceptors (Lipinski definition) is 3. The first-order valence-corrected chi connectivity index (χ1v) is 8.72. The molecule has 1 amide bonds. The van der Waals surface area contributed by atoms with Gasteiger partial charge in [-0.1, -0.05) is 37.3 Å². The molecule has 0 spiro atoms. The van der Waals surface area contributed by atoms with Crippen LogP contribution in [0.25, 0.3) is 0 Å². The Hall–Kier alpha value is -1.88. The summed E-state index contributed by atoms with van der Waals surface area (Å²) in [6.45, 7) is 3.75. The number of benzene rings is 1. The summed E-state index contributed by atoms with van der Waals surface area (Å²) in [6.07, 6.45) is 3.27. The molecule has 5 heteroatoms. The SMILES string of the molecule is CC1CCN(C(=O)CCCOCCc2ccccc2)C(C(=O)O)C1. The molecule has 2 rings (SSSR count). The van der Waals surface area contributed by atoms with Crippen LogP contribution in [0.4, 0.5) is 0 Å². The predicted octanol–water partition coefficient (Wildman–Crippen LogP) is 2.74. The van der Waals surface area contributed by atoms with Crippen LogP contribution in [0.5, 0.6) is 0 Å². The average Bonchev–Trinajstić information content (AvgIpc) is 2.58. The van der Waals surface area contributed by atoms with Crippen LogP contribution in [0.2, 0.25) is 0 Å². The van der Waals surface area contributed by atoms with Crippen LogP contribution in [0.3, 0.4) is 0 Å². The lowest BCUT2D eigenvalue weighted by atomic mass is 9.92. The Morgan fingerprint density at radius 1 is 1.25 bits per heavy atom. The fourth-order valence-electron chi connectivity index (χ4n) is 3.08. The maximum atomic E-state index is 12.3. The molecule has 132 valence electrons. The fraction of sp³-hybridized carbons (Fsp3) is 0.579. The molecule has 0 bridgehead atoms. The third-order valence-corrected chi connectivity index (χ3v) is 4.53. The Kier molecular flexibility index (Phi) is 7.25. The largest absolute Gasteiger partial charge is 0.480 e. The lowest BCUT2D eigenvalue weighted by Gasteiger charge is -2.36. The van der Waals surface area contributed by atoms with Crippen molar-refractivity contribution in [2.24, 2.45) is 5.92 Å². The molecule has 1 heterocycles. The minimum absolute atomic E-state index is 0.0686. The second kappa shape index (κ2) is 9.42. The summed E-state index contributed by atoms with van der Waals surface area (Å²) in [4.78, 5) is 25.2. The number of carbonyl (C=O) groups is 2. The molecule has 1 aliphatic rings. The number of amides is 1. The first-order valence-electron chi connectivity index (χ1n) is 8.72. The van der Waals surface area contributed by atoms with E-state index in [9.17, 15) is 14.7 Å². The van der Waals surface area contributed by atoms with E-state index in [0.29, 0.717) is 44.9 Å². The second-order valence-electron chi connectivity index (χ2n) is 6.52. The number of hydrogen-bond donors (Lipinski definition) is 1. The standard InChI is InChI=1S/C19H27NO4/c1-15-9-11-20(17(14-15)19(22)23)18(21)8-5-12-24-13-10-16-6-3-2-4-7-16/h2-4,6-7,15,17H,5,8-14H2,1H3,(H,22,23). The molecule has 2 unspecified atom stereocenters. The van der Waals surface area contributed by atoms with Gasteiger partial charge in [0.2, 0.25) is 5.91 Å². The van der Waals surface area contributed by atoms with E-state index < -0.39 is 12.0 Å². The van der Waals surface area contributed by atoms with Gasteiger partial charge in [0, 0.05) is 19.6 Å². The van der Waals surface area contributed by atoms with Gasteiger partial charge in [0.15, 0.2) is 0 Å². The van der Waals surface area contributed by atoms with Crippen molar-refractivity contribution in [3.63, 3.8) is 0 Å². The number of nitrogens with zero attached hydrogens (tertiary/aromatic N) is 1. The van der Waals surface area contributed by atoms with Gasteiger partial charge in [-0.2, -0.15) is 0 Å². The summed E-state index contributed by atoms with van der Waals surface area (Å²) < 4.78 is 5.58. The maximum Gasteiger partial charge on any atom is 0.326 e. The fourth-order valence-corrected chi connectivity index (χ4v) is 3.08. The molecule has 0 saturated carbocycles. The van der Waals surface area contributed by atoms with E-state index in [1.807, 2.05) is 25.1 Å². The van der Waals surface area contributed by atoms with E-state index in [1.165, 1.54) is 10.5 Å². The van der Waals surface area contributed by atoms with E-state index >= 15 is 0 Å². The number of ether oxygens (including phenoxy) is 1. The molecular formula is C19H27NO4. The number of aliphatic carboxylic acids is 1. The van der Waals surface area contributed by atoms with Crippen LogP contribution < -0.4 is 0 Å². The molecule has 0 aromatic heterocycles. The molecule has 1 aliphatic heterocycles. The van der Waals surface area contributed by atoms with E-state index in [-0.39, 0.29) is 5.91 Å². The highest BCUT2D eigenvalue weighted by atomic mass is 16.5. The zero-order valence-corrected chi connectivity index (χ0v) is 14.3. The van der Waals surface area contributed by atoms with Gasteiger partial charge in [-0.3, -0.25) is 4.79 Å². The summed E-state index contributed by atoms with van der Waals surface area (Å²) in [7, 11) is 0. The Bertz CT molecular complexity index is 531. The minimum atomic E-state index is -0.894. The Balaban J connectivity index is 1.64. The van der Waals surface area contributed by atoms with Gasteiger partial charge in [0.05, 0.1) is 6.61 Å². The number of piperidine rings is 1. The van der Waals surface area contributed by atoms with Crippen molar-refractivity contribution in [3.8, 4) is 0 Å². The monoisotopic (exact) mass is 333 g/mol. The highest BCUT2D eigenvalue weighted by Crippen LogP contribution is 2.23. The first kappa shape index (κ1) is 18.5. The Labute approximate surface area is 143 Å². The molecule has 1 saturated heterocycles. The molecule has 5 nitrogen and oxygen atoms in total. The van der Waals surface area contributed by atoms with E-state index in [0.717, 1.165) is 12.8 Å². The molecule has 1 fully saturated rings. The zero-order valence-electron chi connectivity index (χ0n) is 14.3. The van der Waals surface area contributed by atoms with Gasteiger partial charge in [-0.05, 0) is 37.2 Å². The van der Waals surface area contributed by atoms with Crippen LogP contribution >= 0.6 is 0 Å². The lowest BCUT2D eigenvalue weighted by molar-refractivity contribution is -0.153. The minimum Gasteiger partial charge on any atom is -0.480 e. The van der Waals surface area contributed by atoms with Gasteiger partial charge in [-0.15, -0.1) is 0 Å². The summed E-state index contributed by atoms with van der Waals surface area (Å²) in [5.74, 6) is -0.605. The lowest BCUT2D eigenvalue weighted by Crippen LogP contribution is -2.49. The molecule has 0 aliphatic carbocycles. The maximum absolute atomic E-state index is 12.3. The Morgan fingerprint density at radius 3 is 2.71 bits per heavy atom. The highest BCUT2D eigenvalue weighted by Gasteiger charge is 2.34. The van der Waals surface area contributed by atoms with Crippen molar-refractivity contribution < 1.29 is 19.4 Å². The summed E-state index contributed by atoms with van der Waals surface area (Å²) in [5, 5.41) is 9.31. The number of carboxylic acids is 1. The molecule has 1 aromatic carbocycles. The summed E-state index contributed by atoms with van der Waals surface area (Å²) in [6, 6.07) is 9.47. The number of rotatable bonds is 8. The van der Waals surface area contributed by atoms with Gasteiger partial charge in [0.25, 0.3) is 0 Å². The molecule has 1 aromatic rings. The quantitative estimate of drug-likeness (QED) is 0.743. The van der Waals surface area contributed by atoms with Crippen LogP contribution in [0.1, 0.15) is 38.2 Å². The van der Waals surface area contributed by atoms with E-state index in [1.54, 1.807) is 0 Å². The van der Waals surface area contributed by atoms with Crippen LogP contribution in [0, 0.1) is 5.92 Å². The second-order valence-corrected chi connectivity index (χ2v) is 6.52. The third kappa shape index (κ3) is 5.64. The van der Waals surface area contributed by atoms with E-state index in [4.69, 9.17) is 4.74 Å². The average molecular weight is 333 g/mol. The highest BCUT2D eigenvalue weighted by molar-refractivity contribution is 5.83. The number of likely N-dealkylation sites (tertiary alicyclic amines) is 1. The molecule has 2 atom stereocenters. The van der Waals surface area contributed by atoms with Gasteiger partial charge in [-0.25, -0.2) is 4.79 Å². The third-order valence-electron chi connectivity index (χ3n) is 4.53. The smallest absolute Gasteiger partial charge is 0.326 e. The molecule has 1 N–H and O–H groups in total. The molecule has 0 radical (unpaired) electrons. The van der Waals surface area contributed by atoms with E-state index in [2.05, 4.69) is 12.1 Å². The van der Waals surface area contributed by atoms with Gasteiger partial charge in [0.1, 0.15) is 6.04 Å². The van der Waals surface area contributed by atoms with Crippen molar-refractivity contribution in [2.75, 3.05) is 19.8 Å². The number of carboxylic acid groups (broad SMARTS) is 1. The van der Waals surface area contributed by atoms with Gasteiger partial charge >= 0.3 is 5.97 Å². The van der Waals surface area contributed by atoms with Gasteiger partial charge < -0.3 is 14.7 Å². The van der Waals surface area contributed by atoms with Crippen LogP contribution in [-0.4, -0.2) is 47.7 Å². The van der Waals surface area contributed by atoms with Crippen LogP contribution in [0.15, 0.2) is 30.3 Å². The molecule has 24 heavy (non-hydrogen) atoms.